The van der Waals surface area contributed by atoms with Crippen LogP contribution in [0.3, 0.4) is 0 Å². The van der Waals surface area contributed by atoms with Gasteiger partial charge in [0.05, 0.1) is 30.6 Å². The van der Waals surface area contributed by atoms with Gasteiger partial charge in [0, 0.05) is 38.4 Å². The second kappa shape index (κ2) is 7.96. The molecule has 0 unspecified atom stereocenters. The van der Waals surface area contributed by atoms with Crippen molar-refractivity contribution in [1.29, 1.82) is 0 Å². The molecule has 1 atom stereocenters. The smallest absolute Gasteiger partial charge is 0.129 e. The summed E-state index contributed by atoms with van der Waals surface area (Å²) >= 11 is 0. The van der Waals surface area contributed by atoms with Gasteiger partial charge in [0.25, 0.3) is 0 Å². The molecule has 0 saturated carbocycles. The Hall–Kier alpha value is -2.09. The van der Waals surface area contributed by atoms with E-state index in [1.54, 1.807) is 0 Å². The fraction of sp³-hybridized carbons (Fsp3) is 0.438. The van der Waals surface area contributed by atoms with Gasteiger partial charge in [-0.1, -0.05) is 6.07 Å². The van der Waals surface area contributed by atoms with Crippen LogP contribution in [0.2, 0.25) is 0 Å². The zero-order valence-corrected chi connectivity index (χ0v) is 13.1. The monoisotopic (exact) mass is 314 g/mol. The zero-order valence-electron chi connectivity index (χ0n) is 13.1. The van der Waals surface area contributed by atoms with Crippen LogP contribution in [-0.2, 0) is 11.3 Å². The molecule has 2 aromatic heterocycles. The number of hydrogen-bond donors (Lipinski definition) is 2. The van der Waals surface area contributed by atoms with Crippen molar-refractivity contribution in [3.8, 4) is 0 Å². The lowest BCUT2D eigenvalue weighted by Gasteiger charge is -2.34. The molecule has 1 fully saturated rings. The Labute approximate surface area is 135 Å². The van der Waals surface area contributed by atoms with Gasteiger partial charge in [-0.05, 0) is 12.1 Å². The van der Waals surface area contributed by atoms with Crippen LogP contribution in [0.4, 0.5) is 5.82 Å². The normalized spacial score (nSPS) is 16.9. The van der Waals surface area contributed by atoms with Gasteiger partial charge in [0.15, 0.2) is 0 Å². The molecule has 7 nitrogen and oxygen atoms in total. The van der Waals surface area contributed by atoms with Gasteiger partial charge in [-0.25, -0.2) is 9.97 Å². The third-order valence-corrected chi connectivity index (χ3v) is 3.93. The van der Waals surface area contributed by atoms with Gasteiger partial charge in [-0.2, -0.15) is 0 Å². The maximum absolute atomic E-state index is 5.63. The van der Waals surface area contributed by atoms with E-state index in [0.717, 1.165) is 50.1 Å². The summed E-state index contributed by atoms with van der Waals surface area (Å²) in [5.41, 5.74) is 7.51. The number of nitrogens with zero attached hydrogens (tertiary/aromatic N) is 4. The van der Waals surface area contributed by atoms with Crippen LogP contribution in [-0.4, -0.2) is 52.7 Å². The molecule has 0 aromatic carbocycles. The maximum Gasteiger partial charge on any atom is 0.129 e. The first kappa shape index (κ1) is 15.8. The van der Waals surface area contributed by atoms with E-state index >= 15 is 0 Å². The Balaban J connectivity index is 1.72. The predicted octanol–water partition coefficient (Wildman–Crippen LogP) is 0.816. The zero-order chi connectivity index (χ0) is 15.9. The van der Waals surface area contributed by atoms with Gasteiger partial charge >= 0.3 is 0 Å². The highest BCUT2D eigenvalue weighted by Gasteiger charge is 2.23. The number of nitrogens with one attached hydrogen (secondary N) is 1. The molecule has 0 aliphatic carbocycles. The van der Waals surface area contributed by atoms with Crippen molar-refractivity contribution in [2.24, 2.45) is 5.73 Å². The molecule has 0 spiro atoms. The molecule has 0 radical (unpaired) electrons. The van der Waals surface area contributed by atoms with Crippen LogP contribution < -0.4 is 11.1 Å². The summed E-state index contributed by atoms with van der Waals surface area (Å²) in [4.78, 5) is 15.3. The predicted molar refractivity (Wildman–Crippen MR) is 87.8 cm³/mol. The Bertz CT molecular complexity index is 603. The second-order valence-corrected chi connectivity index (χ2v) is 5.40. The number of anilines is 1. The van der Waals surface area contributed by atoms with E-state index in [9.17, 15) is 0 Å². The summed E-state index contributed by atoms with van der Waals surface area (Å²) in [5.74, 6) is 0.787. The Morgan fingerprint density at radius 2 is 2.09 bits per heavy atom. The minimum Gasteiger partial charge on any atom is -0.379 e. The third kappa shape index (κ3) is 4.22. The van der Waals surface area contributed by atoms with Crippen LogP contribution in [0.25, 0.3) is 0 Å². The molecule has 3 heterocycles. The highest BCUT2D eigenvalue weighted by Crippen LogP contribution is 2.20. The van der Waals surface area contributed by atoms with E-state index in [1.165, 1.54) is 6.33 Å². The van der Waals surface area contributed by atoms with Crippen molar-refractivity contribution in [1.82, 2.24) is 19.9 Å². The maximum atomic E-state index is 5.63. The number of hydrogen-bond acceptors (Lipinski definition) is 7. The Morgan fingerprint density at radius 1 is 1.22 bits per heavy atom. The molecule has 1 saturated heterocycles. The van der Waals surface area contributed by atoms with Crippen molar-refractivity contribution in [3.63, 3.8) is 0 Å². The highest BCUT2D eigenvalue weighted by atomic mass is 16.5. The average Bonchev–Trinajstić information content (AvgIpc) is 2.64. The van der Waals surface area contributed by atoms with Gasteiger partial charge in [-0.15, -0.1) is 0 Å². The number of pyridine rings is 1. The van der Waals surface area contributed by atoms with Crippen LogP contribution in [0.15, 0.2) is 36.8 Å². The Morgan fingerprint density at radius 3 is 2.83 bits per heavy atom. The molecular formula is C16H22N6O. The molecule has 3 rings (SSSR count). The molecular weight excluding hydrogens is 292 g/mol. The lowest BCUT2D eigenvalue weighted by atomic mass is 10.1. The van der Waals surface area contributed by atoms with Crippen molar-refractivity contribution in [2.45, 2.75) is 12.6 Å². The number of ether oxygens (including phenoxy) is 1. The first-order valence-electron chi connectivity index (χ1n) is 7.84. The van der Waals surface area contributed by atoms with E-state index in [1.807, 2.05) is 24.4 Å². The summed E-state index contributed by atoms with van der Waals surface area (Å²) in [7, 11) is 0. The molecule has 2 aromatic rings. The summed E-state index contributed by atoms with van der Waals surface area (Å²) in [6, 6.07) is 8.08. The van der Waals surface area contributed by atoms with Gasteiger partial charge in [0.1, 0.15) is 12.1 Å². The highest BCUT2D eigenvalue weighted by molar-refractivity contribution is 5.35. The minimum atomic E-state index is 0.177. The fourth-order valence-electron chi connectivity index (χ4n) is 2.69. The number of rotatable bonds is 6. The SMILES string of the molecule is NCc1cc(NC[C@@H](c2ccccn2)N2CCOCC2)ncn1. The average molecular weight is 314 g/mol. The van der Waals surface area contributed by atoms with E-state index < -0.39 is 0 Å². The molecule has 122 valence electrons. The topological polar surface area (TPSA) is 89.2 Å². The quantitative estimate of drug-likeness (QED) is 0.815. The third-order valence-electron chi connectivity index (χ3n) is 3.93. The number of nitrogens with two attached hydrogens (primary N) is 1. The summed E-state index contributed by atoms with van der Waals surface area (Å²) < 4.78 is 5.46. The van der Waals surface area contributed by atoms with Crippen molar-refractivity contribution < 1.29 is 4.74 Å². The summed E-state index contributed by atoms with van der Waals surface area (Å²) in [5, 5.41) is 3.39. The summed E-state index contributed by atoms with van der Waals surface area (Å²) in [6.07, 6.45) is 3.37. The van der Waals surface area contributed by atoms with Crippen LogP contribution in [0.5, 0.6) is 0 Å². The fourth-order valence-corrected chi connectivity index (χ4v) is 2.69. The molecule has 0 amide bonds. The lowest BCUT2D eigenvalue weighted by molar-refractivity contribution is 0.0179. The molecule has 1 aliphatic heterocycles. The number of aromatic nitrogens is 3. The van der Waals surface area contributed by atoms with E-state index in [4.69, 9.17) is 10.5 Å². The largest absolute Gasteiger partial charge is 0.379 e. The van der Waals surface area contributed by atoms with Crippen LogP contribution in [0.1, 0.15) is 17.4 Å². The molecule has 0 bridgehead atoms. The lowest BCUT2D eigenvalue weighted by Crippen LogP contribution is -2.41. The molecule has 1 aliphatic rings. The first-order chi connectivity index (χ1) is 11.4. The Kier molecular flexibility index (Phi) is 5.46. The van der Waals surface area contributed by atoms with Crippen LogP contribution >= 0.6 is 0 Å². The molecule has 7 heteroatoms. The van der Waals surface area contributed by atoms with Crippen LogP contribution in [0, 0.1) is 0 Å². The van der Waals surface area contributed by atoms with Crippen molar-refractivity contribution in [3.05, 3.63) is 48.2 Å². The van der Waals surface area contributed by atoms with E-state index in [0.29, 0.717) is 6.54 Å². The number of morpholine rings is 1. The summed E-state index contributed by atoms with van der Waals surface area (Å²) in [6.45, 7) is 4.45. The molecule has 3 N–H and O–H groups in total. The van der Waals surface area contributed by atoms with Gasteiger partial charge < -0.3 is 15.8 Å². The van der Waals surface area contributed by atoms with E-state index in [2.05, 4.69) is 31.2 Å². The van der Waals surface area contributed by atoms with E-state index in [-0.39, 0.29) is 6.04 Å². The van der Waals surface area contributed by atoms with Crippen molar-refractivity contribution in [2.75, 3.05) is 38.2 Å². The first-order valence-corrected chi connectivity index (χ1v) is 7.84. The van der Waals surface area contributed by atoms with Gasteiger partial charge in [0.2, 0.25) is 0 Å². The van der Waals surface area contributed by atoms with Crippen molar-refractivity contribution >= 4 is 5.82 Å². The van der Waals surface area contributed by atoms with Gasteiger partial charge in [-0.3, -0.25) is 9.88 Å². The minimum absolute atomic E-state index is 0.177. The standard InChI is InChI=1S/C16H22N6O/c17-10-13-9-16(21-12-20-13)19-11-15(14-3-1-2-4-18-14)22-5-7-23-8-6-22/h1-4,9,12,15H,5-8,10-11,17H2,(H,19,20,21)/t15-/m0/s1. The molecule has 23 heavy (non-hydrogen) atoms. The second-order valence-electron chi connectivity index (χ2n) is 5.40.